The van der Waals surface area contributed by atoms with Crippen molar-refractivity contribution in [3.05, 3.63) is 77.0 Å². The zero-order chi connectivity index (χ0) is 30.6. The van der Waals surface area contributed by atoms with Gasteiger partial charge in [0.2, 0.25) is 5.91 Å². The minimum atomic E-state index is -0.580. The maximum atomic E-state index is 13.1. The smallest absolute Gasteiger partial charge is 0.327 e. The molecule has 14 heteroatoms. The number of urea groups is 1. The molecule has 4 N–H and O–H groups in total. The average Bonchev–Trinajstić information content (AvgIpc) is 3.01. The van der Waals surface area contributed by atoms with Crippen molar-refractivity contribution in [2.75, 3.05) is 63.0 Å². The van der Waals surface area contributed by atoms with Crippen LogP contribution in [0.25, 0.3) is 0 Å². The number of carbonyl (C=O) groups is 2. The molecular formula is C28H34Cl2N8O4. The van der Waals surface area contributed by atoms with E-state index in [1.54, 1.807) is 12.3 Å². The SMILES string of the molecule is C=CC(=O)NC(=C\Nc1cc(N(C)C(=O)Nc2c(Cl)c(OC)cc(OC)c2Cl)ncn1)/C=C(\C=C/C)N1CCNCC1. The van der Waals surface area contributed by atoms with Crippen LogP contribution in [0.3, 0.4) is 0 Å². The van der Waals surface area contributed by atoms with Gasteiger partial charge in [-0.25, -0.2) is 14.8 Å². The number of methoxy groups -OCH3 is 2. The van der Waals surface area contributed by atoms with Crippen molar-refractivity contribution in [2.45, 2.75) is 6.92 Å². The first-order chi connectivity index (χ1) is 20.2. The molecule has 0 bridgehead atoms. The van der Waals surface area contributed by atoms with Crippen molar-refractivity contribution >= 4 is 52.5 Å². The van der Waals surface area contributed by atoms with Crippen LogP contribution in [0.4, 0.5) is 22.1 Å². The summed E-state index contributed by atoms with van der Waals surface area (Å²) in [4.78, 5) is 37.2. The molecule has 1 aromatic heterocycles. The molecule has 1 aliphatic heterocycles. The number of hydrogen-bond donors (Lipinski definition) is 4. The summed E-state index contributed by atoms with van der Waals surface area (Å²) in [6, 6.07) is 2.50. The molecule has 224 valence electrons. The van der Waals surface area contributed by atoms with Gasteiger partial charge < -0.3 is 35.6 Å². The lowest BCUT2D eigenvalue weighted by Gasteiger charge is -2.30. The fourth-order valence-electron chi connectivity index (χ4n) is 3.86. The Morgan fingerprint density at radius 2 is 1.79 bits per heavy atom. The maximum absolute atomic E-state index is 13.1. The third-order valence-electron chi connectivity index (χ3n) is 6.06. The van der Waals surface area contributed by atoms with E-state index in [0.29, 0.717) is 11.5 Å². The Kier molecular flexibility index (Phi) is 12.0. The molecule has 0 unspecified atom stereocenters. The summed E-state index contributed by atoms with van der Waals surface area (Å²) in [6.45, 7) is 8.85. The molecule has 0 aliphatic carbocycles. The van der Waals surface area contributed by atoms with Gasteiger partial charge in [-0.15, -0.1) is 0 Å². The van der Waals surface area contributed by atoms with Crippen LogP contribution in [0.5, 0.6) is 11.5 Å². The largest absolute Gasteiger partial charge is 0.495 e. The molecule has 1 aliphatic rings. The fraction of sp³-hybridized carbons (Fsp3) is 0.286. The molecule has 0 radical (unpaired) electrons. The van der Waals surface area contributed by atoms with Gasteiger partial charge in [0.15, 0.2) is 0 Å². The number of nitrogens with one attached hydrogen (secondary N) is 4. The monoisotopic (exact) mass is 616 g/mol. The lowest BCUT2D eigenvalue weighted by atomic mass is 10.2. The second-order valence-corrected chi connectivity index (χ2v) is 9.53. The van der Waals surface area contributed by atoms with E-state index < -0.39 is 6.03 Å². The number of amides is 3. The van der Waals surface area contributed by atoms with Crippen LogP contribution in [0.2, 0.25) is 10.0 Å². The molecule has 1 saturated heterocycles. The maximum Gasteiger partial charge on any atom is 0.327 e. The van der Waals surface area contributed by atoms with Gasteiger partial charge in [-0.05, 0) is 25.2 Å². The first kappa shape index (κ1) is 32.3. The molecular weight excluding hydrogens is 583 g/mol. The number of anilines is 3. The highest BCUT2D eigenvalue weighted by molar-refractivity contribution is 6.41. The number of piperazine rings is 1. The highest BCUT2D eigenvalue weighted by Gasteiger charge is 2.22. The van der Waals surface area contributed by atoms with E-state index in [9.17, 15) is 9.59 Å². The average molecular weight is 618 g/mol. The molecule has 0 spiro atoms. The van der Waals surface area contributed by atoms with Gasteiger partial charge in [0.25, 0.3) is 0 Å². The van der Waals surface area contributed by atoms with Gasteiger partial charge in [-0.1, -0.05) is 35.9 Å². The third kappa shape index (κ3) is 8.38. The number of aromatic nitrogens is 2. The first-order valence-electron chi connectivity index (χ1n) is 12.9. The molecule has 3 rings (SSSR count). The predicted octanol–water partition coefficient (Wildman–Crippen LogP) is 4.39. The molecule has 1 aromatic carbocycles. The molecule has 2 aromatic rings. The van der Waals surface area contributed by atoms with E-state index in [4.69, 9.17) is 32.7 Å². The number of ether oxygens (including phenoxy) is 2. The van der Waals surface area contributed by atoms with Crippen LogP contribution in [0.15, 0.2) is 66.9 Å². The van der Waals surface area contributed by atoms with Crippen LogP contribution < -0.4 is 35.6 Å². The van der Waals surface area contributed by atoms with Gasteiger partial charge in [-0.2, -0.15) is 0 Å². The van der Waals surface area contributed by atoms with Crippen molar-refractivity contribution in [3.63, 3.8) is 0 Å². The normalized spacial score (nSPS) is 13.9. The first-order valence-corrected chi connectivity index (χ1v) is 13.6. The summed E-state index contributed by atoms with van der Waals surface area (Å²) in [5, 5.41) is 12.1. The number of rotatable bonds is 11. The van der Waals surface area contributed by atoms with Crippen molar-refractivity contribution in [1.82, 2.24) is 25.5 Å². The van der Waals surface area contributed by atoms with Crippen LogP contribution in [0, 0.1) is 0 Å². The Balaban J connectivity index is 1.84. The van der Waals surface area contributed by atoms with Crippen LogP contribution in [-0.2, 0) is 4.79 Å². The van der Waals surface area contributed by atoms with Gasteiger partial charge in [0, 0.05) is 57.3 Å². The van der Waals surface area contributed by atoms with E-state index in [1.165, 1.54) is 44.6 Å². The van der Waals surface area contributed by atoms with E-state index >= 15 is 0 Å². The van der Waals surface area contributed by atoms with Gasteiger partial charge >= 0.3 is 6.03 Å². The number of halogens is 2. The minimum Gasteiger partial charge on any atom is -0.495 e. The molecule has 2 heterocycles. The van der Waals surface area contributed by atoms with Crippen molar-refractivity contribution < 1.29 is 19.1 Å². The molecule has 42 heavy (non-hydrogen) atoms. The number of benzene rings is 1. The summed E-state index contributed by atoms with van der Waals surface area (Å²) >= 11 is 12.8. The number of allylic oxidation sites excluding steroid dienone is 3. The zero-order valence-electron chi connectivity index (χ0n) is 23.8. The minimum absolute atomic E-state index is 0.112. The second kappa shape index (κ2) is 15.7. The van der Waals surface area contributed by atoms with Crippen LogP contribution in [0.1, 0.15) is 6.92 Å². The van der Waals surface area contributed by atoms with Crippen molar-refractivity contribution in [1.29, 1.82) is 0 Å². The quantitative estimate of drug-likeness (QED) is 0.214. The van der Waals surface area contributed by atoms with Gasteiger partial charge in [0.1, 0.15) is 39.5 Å². The Bertz CT molecular complexity index is 1360. The summed E-state index contributed by atoms with van der Waals surface area (Å²) in [5.41, 5.74) is 1.54. The number of nitrogens with zero attached hydrogens (tertiary/aromatic N) is 4. The lowest BCUT2D eigenvalue weighted by molar-refractivity contribution is -0.115. The van der Waals surface area contributed by atoms with Crippen molar-refractivity contribution in [2.24, 2.45) is 0 Å². The fourth-order valence-corrected chi connectivity index (χ4v) is 4.45. The number of carbonyl (C=O) groups excluding carboxylic acids is 2. The molecule has 0 atom stereocenters. The molecule has 0 saturated carbocycles. The van der Waals surface area contributed by atoms with E-state index in [-0.39, 0.29) is 39.0 Å². The summed E-state index contributed by atoms with van der Waals surface area (Å²) in [7, 11) is 4.39. The Morgan fingerprint density at radius 3 is 2.38 bits per heavy atom. The van der Waals surface area contributed by atoms with E-state index in [1.807, 2.05) is 25.2 Å². The van der Waals surface area contributed by atoms with Gasteiger partial charge in [0.05, 0.1) is 25.6 Å². The highest BCUT2D eigenvalue weighted by atomic mass is 35.5. The summed E-state index contributed by atoms with van der Waals surface area (Å²) in [5.74, 6) is 0.819. The van der Waals surface area contributed by atoms with E-state index in [2.05, 4.69) is 42.7 Å². The topological polar surface area (TPSA) is 133 Å². The molecule has 3 amide bonds. The third-order valence-corrected chi connectivity index (χ3v) is 6.81. The standard InChI is InChI=1S/C28H34Cl2N8O4/c1-6-8-19(38-11-9-31-10-12-38)13-18(35-24(39)7-2)16-32-22-15-23(34-17-33-22)37(3)28(40)36-27-25(29)20(41-4)14-21(42-5)26(27)30/h6-8,13-17,31H,2,9-12H2,1,3-5H3,(H,35,39)(H,36,40)(H,32,33,34)/b8-6-,18-16-,19-13+. The summed E-state index contributed by atoms with van der Waals surface area (Å²) in [6.07, 6.45) is 9.86. The Morgan fingerprint density at radius 1 is 1.12 bits per heavy atom. The van der Waals surface area contributed by atoms with Gasteiger partial charge in [-0.3, -0.25) is 9.69 Å². The Hall–Kier alpha value is -4.26. The van der Waals surface area contributed by atoms with E-state index in [0.717, 1.165) is 31.9 Å². The Labute approximate surface area is 255 Å². The lowest BCUT2D eigenvalue weighted by Crippen LogP contribution is -2.42. The molecule has 12 nitrogen and oxygen atoms in total. The zero-order valence-corrected chi connectivity index (χ0v) is 25.3. The second-order valence-electron chi connectivity index (χ2n) is 8.78. The summed E-state index contributed by atoms with van der Waals surface area (Å²) < 4.78 is 10.5. The van der Waals surface area contributed by atoms with Crippen LogP contribution >= 0.6 is 23.2 Å². The van der Waals surface area contributed by atoms with Crippen LogP contribution in [-0.4, -0.2) is 74.3 Å². The highest BCUT2D eigenvalue weighted by Crippen LogP contribution is 2.44. The number of hydrogen-bond acceptors (Lipinski definition) is 9. The predicted molar refractivity (Wildman–Crippen MR) is 166 cm³/mol. The molecule has 1 fully saturated rings. The van der Waals surface area contributed by atoms with Crippen molar-refractivity contribution in [3.8, 4) is 11.5 Å².